The minimum absolute atomic E-state index is 0.00944. The summed E-state index contributed by atoms with van der Waals surface area (Å²) < 4.78 is 5.77. The molecule has 1 aromatic heterocycles. The van der Waals surface area contributed by atoms with E-state index in [0.29, 0.717) is 5.69 Å². The molecule has 1 heterocycles. The molecule has 0 saturated carbocycles. The van der Waals surface area contributed by atoms with Gasteiger partial charge in [0.2, 0.25) is 0 Å². The van der Waals surface area contributed by atoms with Gasteiger partial charge in [-0.2, -0.15) is 0 Å². The van der Waals surface area contributed by atoms with Gasteiger partial charge < -0.3 is 10.5 Å². The van der Waals surface area contributed by atoms with E-state index < -0.39 is 0 Å². The second-order valence-electron chi connectivity index (χ2n) is 3.61. The molecule has 3 nitrogen and oxygen atoms in total. The van der Waals surface area contributed by atoms with Gasteiger partial charge in [-0.15, -0.1) is 0 Å². The molecule has 2 N–H and O–H groups in total. The molecular weight excluding hydrogens is 200 g/mol. The van der Waals surface area contributed by atoms with Crippen LogP contribution >= 0.6 is 0 Å². The largest absolute Gasteiger partial charge is 0.486 e. The first-order valence-electron chi connectivity index (χ1n) is 5.18. The Morgan fingerprint density at radius 3 is 2.62 bits per heavy atom. The quantitative estimate of drug-likeness (QED) is 0.799. The lowest BCUT2D eigenvalue weighted by atomic mass is 10.2. The average Bonchev–Trinajstić information content (AvgIpc) is 2.30. The highest BCUT2D eigenvalue weighted by molar-refractivity contribution is 5.43. The van der Waals surface area contributed by atoms with Crippen LogP contribution in [0.15, 0.2) is 48.8 Å². The van der Waals surface area contributed by atoms with Crippen molar-refractivity contribution in [2.45, 2.75) is 13.0 Å². The molecule has 1 aromatic carbocycles. The van der Waals surface area contributed by atoms with Crippen LogP contribution in [0.3, 0.4) is 0 Å². The molecule has 1 unspecified atom stereocenters. The fourth-order valence-electron chi connectivity index (χ4n) is 1.49. The summed E-state index contributed by atoms with van der Waals surface area (Å²) in [4.78, 5) is 3.97. The van der Waals surface area contributed by atoms with E-state index in [1.54, 1.807) is 12.4 Å². The third-order valence-electron chi connectivity index (χ3n) is 2.35. The van der Waals surface area contributed by atoms with Crippen LogP contribution in [0.25, 0.3) is 0 Å². The number of hydrogen-bond donors (Lipinski definition) is 1. The Labute approximate surface area is 94.9 Å². The molecule has 1 atom stereocenters. The molecule has 3 heteroatoms. The number of anilines is 1. The van der Waals surface area contributed by atoms with Gasteiger partial charge in [0.1, 0.15) is 11.9 Å². The molecule has 0 amide bonds. The van der Waals surface area contributed by atoms with Gasteiger partial charge in [-0.3, -0.25) is 4.98 Å². The van der Waals surface area contributed by atoms with Crippen LogP contribution < -0.4 is 10.5 Å². The zero-order valence-electron chi connectivity index (χ0n) is 9.13. The number of ether oxygens (including phenoxy) is 1. The normalized spacial score (nSPS) is 12.1. The van der Waals surface area contributed by atoms with Crippen LogP contribution in [0.1, 0.15) is 18.6 Å². The van der Waals surface area contributed by atoms with Gasteiger partial charge in [-0.1, -0.05) is 6.07 Å². The predicted molar refractivity (Wildman–Crippen MR) is 64.1 cm³/mol. The molecule has 0 aliphatic heterocycles. The molecule has 2 rings (SSSR count). The SMILES string of the molecule is CC(Oc1cccc(N)c1)c1ccncc1. The summed E-state index contributed by atoms with van der Waals surface area (Å²) in [6, 6.07) is 11.3. The molecule has 0 bridgehead atoms. The molecule has 2 aromatic rings. The Hall–Kier alpha value is -2.03. The number of nitrogens with zero attached hydrogens (tertiary/aromatic N) is 1. The van der Waals surface area contributed by atoms with Gasteiger partial charge in [0.05, 0.1) is 0 Å². The number of nitrogen functional groups attached to an aromatic ring is 1. The van der Waals surface area contributed by atoms with Crippen LogP contribution in [0.2, 0.25) is 0 Å². The number of benzene rings is 1. The van der Waals surface area contributed by atoms with E-state index in [4.69, 9.17) is 10.5 Å². The lowest BCUT2D eigenvalue weighted by Gasteiger charge is -2.14. The summed E-state index contributed by atoms with van der Waals surface area (Å²) in [7, 11) is 0. The van der Waals surface area contributed by atoms with Crippen molar-refractivity contribution in [3.8, 4) is 5.75 Å². The van der Waals surface area contributed by atoms with E-state index in [0.717, 1.165) is 11.3 Å². The van der Waals surface area contributed by atoms with Crippen LogP contribution in [-0.2, 0) is 0 Å². The van der Waals surface area contributed by atoms with Crippen molar-refractivity contribution in [1.82, 2.24) is 4.98 Å². The first-order chi connectivity index (χ1) is 7.75. The van der Waals surface area contributed by atoms with Crippen LogP contribution in [0.4, 0.5) is 5.69 Å². The zero-order chi connectivity index (χ0) is 11.4. The lowest BCUT2D eigenvalue weighted by Crippen LogP contribution is -2.03. The third-order valence-corrected chi connectivity index (χ3v) is 2.35. The molecule has 82 valence electrons. The van der Waals surface area contributed by atoms with Crippen molar-refractivity contribution in [3.63, 3.8) is 0 Å². The number of rotatable bonds is 3. The first-order valence-corrected chi connectivity index (χ1v) is 5.18. The minimum atomic E-state index is -0.00944. The van der Waals surface area contributed by atoms with E-state index in [-0.39, 0.29) is 6.10 Å². The summed E-state index contributed by atoms with van der Waals surface area (Å²) in [6.07, 6.45) is 3.51. The van der Waals surface area contributed by atoms with Gasteiger partial charge in [0.15, 0.2) is 0 Å². The van der Waals surface area contributed by atoms with E-state index >= 15 is 0 Å². The van der Waals surface area contributed by atoms with E-state index in [9.17, 15) is 0 Å². The Morgan fingerprint density at radius 1 is 1.19 bits per heavy atom. The van der Waals surface area contributed by atoms with Crippen molar-refractivity contribution in [2.24, 2.45) is 0 Å². The van der Waals surface area contributed by atoms with E-state index in [1.165, 1.54) is 0 Å². The average molecular weight is 214 g/mol. The van der Waals surface area contributed by atoms with Crippen molar-refractivity contribution >= 4 is 5.69 Å². The maximum atomic E-state index is 5.77. The number of pyridine rings is 1. The molecule has 0 saturated heterocycles. The smallest absolute Gasteiger partial charge is 0.122 e. The van der Waals surface area contributed by atoms with Crippen LogP contribution in [-0.4, -0.2) is 4.98 Å². The molecular formula is C13H14N2O. The van der Waals surface area contributed by atoms with E-state index in [2.05, 4.69) is 4.98 Å². The maximum Gasteiger partial charge on any atom is 0.122 e. The number of aromatic nitrogens is 1. The molecule has 0 spiro atoms. The van der Waals surface area contributed by atoms with Crippen LogP contribution in [0, 0.1) is 0 Å². The van der Waals surface area contributed by atoms with Gasteiger partial charge >= 0.3 is 0 Å². The van der Waals surface area contributed by atoms with Gasteiger partial charge in [0.25, 0.3) is 0 Å². The summed E-state index contributed by atoms with van der Waals surface area (Å²) in [5, 5.41) is 0. The Morgan fingerprint density at radius 2 is 1.94 bits per heavy atom. The second-order valence-corrected chi connectivity index (χ2v) is 3.61. The van der Waals surface area contributed by atoms with Crippen molar-refractivity contribution in [2.75, 3.05) is 5.73 Å². The molecule has 0 aliphatic carbocycles. The van der Waals surface area contributed by atoms with Gasteiger partial charge in [-0.25, -0.2) is 0 Å². The maximum absolute atomic E-state index is 5.77. The van der Waals surface area contributed by atoms with Crippen molar-refractivity contribution < 1.29 is 4.74 Å². The number of nitrogens with two attached hydrogens (primary N) is 1. The number of hydrogen-bond acceptors (Lipinski definition) is 3. The zero-order valence-corrected chi connectivity index (χ0v) is 9.13. The summed E-state index contributed by atoms with van der Waals surface area (Å²) >= 11 is 0. The van der Waals surface area contributed by atoms with Crippen LogP contribution in [0.5, 0.6) is 5.75 Å². The molecule has 0 fully saturated rings. The van der Waals surface area contributed by atoms with E-state index in [1.807, 2.05) is 43.3 Å². The topological polar surface area (TPSA) is 48.1 Å². The predicted octanol–water partition coefficient (Wildman–Crippen LogP) is 2.80. The highest BCUT2D eigenvalue weighted by Crippen LogP contribution is 2.22. The van der Waals surface area contributed by atoms with Crippen molar-refractivity contribution in [1.29, 1.82) is 0 Å². The summed E-state index contributed by atoms with van der Waals surface area (Å²) in [5.74, 6) is 0.782. The Kier molecular flexibility index (Phi) is 3.05. The molecule has 0 radical (unpaired) electrons. The Balaban J connectivity index is 2.11. The molecule has 0 aliphatic rings. The summed E-state index contributed by atoms with van der Waals surface area (Å²) in [5.41, 5.74) is 7.49. The highest BCUT2D eigenvalue weighted by atomic mass is 16.5. The standard InChI is InChI=1S/C13H14N2O/c1-10(11-5-7-15-8-6-11)16-13-4-2-3-12(14)9-13/h2-10H,14H2,1H3. The second kappa shape index (κ2) is 4.66. The lowest BCUT2D eigenvalue weighted by molar-refractivity contribution is 0.227. The molecule has 16 heavy (non-hydrogen) atoms. The van der Waals surface area contributed by atoms with Crippen molar-refractivity contribution in [3.05, 3.63) is 54.4 Å². The first kappa shape index (κ1) is 10.5. The highest BCUT2D eigenvalue weighted by Gasteiger charge is 2.06. The third kappa shape index (κ3) is 2.51. The van der Waals surface area contributed by atoms with Gasteiger partial charge in [0, 0.05) is 24.1 Å². The van der Waals surface area contributed by atoms with Gasteiger partial charge in [-0.05, 0) is 36.8 Å². The minimum Gasteiger partial charge on any atom is -0.486 e. The fourth-order valence-corrected chi connectivity index (χ4v) is 1.49. The summed E-state index contributed by atoms with van der Waals surface area (Å²) in [6.45, 7) is 2.00. The monoisotopic (exact) mass is 214 g/mol. The fraction of sp³-hybridized carbons (Fsp3) is 0.154. The Bertz CT molecular complexity index is 456.